The van der Waals surface area contributed by atoms with Gasteiger partial charge in [0.1, 0.15) is 6.04 Å². The second-order valence-corrected chi connectivity index (χ2v) is 6.90. The highest BCUT2D eigenvalue weighted by Gasteiger charge is 2.33. The Labute approximate surface area is 136 Å². The van der Waals surface area contributed by atoms with Gasteiger partial charge in [-0.3, -0.25) is 19.8 Å². The van der Waals surface area contributed by atoms with Crippen LogP contribution in [-0.4, -0.2) is 66.4 Å². The topological polar surface area (TPSA) is 81.8 Å². The van der Waals surface area contributed by atoms with E-state index in [0.717, 1.165) is 25.6 Å². The van der Waals surface area contributed by atoms with Crippen LogP contribution in [0.4, 0.5) is 4.79 Å². The maximum Gasteiger partial charge on any atom is 0.322 e. The predicted octanol–water partition coefficient (Wildman–Crippen LogP) is 0.309. The van der Waals surface area contributed by atoms with Gasteiger partial charge in [-0.25, -0.2) is 4.79 Å². The molecule has 2 aliphatic heterocycles. The van der Waals surface area contributed by atoms with Gasteiger partial charge in [0.2, 0.25) is 5.91 Å². The molecule has 1 atom stereocenters. The minimum Gasteiger partial charge on any atom is -0.340 e. The highest BCUT2D eigenvalue weighted by molar-refractivity contribution is 6.05. The van der Waals surface area contributed by atoms with Gasteiger partial charge in [-0.15, -0.1) is 0 Å². The van der Waals surface area contributed by atoms with Gasteiger partial charge in [0, 0.05) is 32.7 Å². The number of hydrogen-bond donors (Lipinski definition) is 2. The lowest BCUT2D eigenvalue weighted by atomic mass is 9.89. The number of rotatable bonds is 4. The first-order valence-electron chi connectivity index (χ1n) is 8.73. The third-order valence-corrected chi connectivity index (χ3v) is 5.20. The van der Waals surface area contributed by atoms with E-state index >= 15 is 0 Å². The van der Waals surface area contributed by atoms with Crippen LogP contribution in [0.3, 0.4) is 0 Å². The normalized spacial score (nSPS) is 27.0. The highest BCUT2D eigenvalue weighted by Crippen LogP contribution is 2.24. The van der Waals surface area contributed by atoms with Gasteiger partial charge in [0.25, 0.3) is 5.91 Å². The summed E-state index contributed by atoms with van der Waals surface area (Å²) in [5.41, 5.74) is 0. The molecule has 3 rings (SSSR count). The minimum atomic E-state index is -0.713. The summed E-state index contributed by atoms with van der Waals surface area (Å²) in [6, 6.07) is -1.22. The second kappa shape index (κ2) is 7.29. The Balaban J connectivity index is 1.40. The van der Waals surface area contributed by atoms with Gasteiger partial charge < -0.3 is 10.2 Å². The molecule has 3 aliphatic rings. The summed E-state index contributed by atoms with van der Waals surface area (Å²) in [6.07, 6.45) is 6.84. The van der Waals surface area contributed by atoms with Crippen LogP contribution in [0, 0.1) is 5.92 Å². The van der Waals surface area contributed by atoms with E-state index in [9.17, 15) is 14.4 Å². The van der Waals surface area contributed by atoms with Crippen LogP contribution >= 0.6 is 0 Å². The fraction of sp³-hybridized carbons (Fsp3) is 0.812. The zero-order valence-corrected chi connectivity index (χ0v) is 13.6. The number of imide groups is 1. The summed E-state index contributed by atoms with van der Waals surface area (Å²) in [6.45, 7) is 4.40. The predicted molar refractivity (Wildman–Crippen MR) is 84.7 cm³/mol. The van der Waals surface area contributed by atoms with Gasteiger partial charge in [0.05, 0.1) is 6.42 Å². The molecule has 0 bridgehead atoms. The zero-order chi connectivity index (χ0) is 16.2. The molecule has 1 aliphatic carbocycles. The maximum atomic E-state index is 12.3. The van der Waals surface area contributed by atoms with E-state index < -0.39 is 18.0 Å². The van der Waals surface area contributed by atoms with Crippen molar-refractivity contribution in [1.82, 2.24) is 20.4 Å². The molecule has 0 aromatic carbocycles. The van der Waals surface area contributed by atoms with Crippen LogP contribution in [0.15, 0.2) is 0 Å². The van der Waals surface area contributed by atoms with Crippen molar-refractivity contribution in [3.63, 3.8) is 0 Å². The molecule has 1 saturated carbocycles. The highest BCUT2D eigenvalue weighted by atomic mass is 16.2. The molecule has 7 heteroatoms. The van der Waals surface area contributed by atoms with Gasteiger partial charge in [-0.05, 0) is 18.8 Å². The summed E-state index contributed by atoms with van der Waals surface area (Å²) in [7, 11) is 0. The third kappa shape index (κ3) is 4.22. The smallest absolute Gasteiger partial charge is 0.322 e. The average Bonchev–Trinajstić information content (AvgIpc) is 2.86. The van der Waals surface area contributed by atoms with E-state index in [0.29, 0.717) is 13.1 Å². The second-order valence-electron chi connectivity index (χ2n) is 6.90. The minimum absolute atomic E-state index is 0.0512. The summed E-state index contributed by atoms with van der Waals surface area (Å²) < 4.78 is 0. The molecule has 0 unspecified atom stereocenters. The summed E-state index contributed by atoms with van der Waals surface area (Å²) >= 11 is 0. The first-order chi connectivity index (χ1) is 11.1. The molecule has 2 N–H and O–H groups in total. The van der Waals surface area contributed by atoms with Crippen molar-refractivity contribution < 1.29 is 14.4 Å². The summed E-state index contributed by atoms with van der Waals surface area (Å²) in [4.78, 5) is 39.1. The number of nitrogens with zero attached hydrogens (tertiary/aromatic N) is 2. The Morgan fingerprint density at radius 2 is 1.74 bits per heavy atom. The molecular weight excluding hydrogens is 296 g/mol. The Morgan fingerprint density at radius 1 is 1.04 bits per heavy atom. The quantitative estimate of drug-likeness (QED) is 0.730. The van der Waals surface area contributed by atoms with E-state index in [1.807, 2.05) is 4.90 Å². The Hall–Kier alpha value is -1.63. The van der Waals surface area contributed by atoms with E-state index in [1.165, 1.54) is 32.1 Å². The SMILES string of the molecule is O=C1NC(=O)[C@H](CC(=O)N2CCN(CC3CCCCC3)CC2)N1. The number of urea groups is 1. The van der Waals surface area contributed by atoms with Crippen LogP contribution in [0.2, 0.25) is 0 Å². The molecule has 3 fully saturated rings. The van der Waals surface area contributed by atoms with Crippen LogP contribution in [-0.2, 0) is 9.59 Å². The maximum absolute atomic E-state index is 12.3. The van der Waals surface area contributed by atoms with E-state index in [2.05, 4.69) is 15.5 Å². The number of carbonyl (C=O) groups is 3. The molecule has 0 aromatic rings. The summed E-state index contributed by atoms with van der Waals surface area (Å²) in [5, 5.41) is 4.64. The largest absolute Gasteiger partial charge is 0.340 e. The van der Waals surface area contributed by atoms with Crippen molar-refractivity contribution in [2.45, 2.75) is 44.6 Å². The van der Waals surface area contributed by atoms with Crippen molar-refractivity contribution in [3.8, 4) is 0 Å². The molecule has 7 nitrogen and oxygen atoms in total. The number of piperazine rings is 1. The Morgan fingerprint density at radius 3 is 2.35 bits per heavy atom. The van der Waals surface area contributed by atoms with E-state index in [1.54, 1.807) is 0 Å². The zero-order valence-electron chi connectivity index (χ0n) is 13.6. The van der Waals surface area contributed by atoms with Crippen LogP contribution < -0.4 is 10.6 Å². The fourth-order valence-corrected chi connectivity index (χ4v) is 3.82. The standard InChI is InChI=1S/C16H26N4O3/c21-14(10-13-15(22)18-16(23)17-13)20-8-6-19(7-9-20)11-12-4-2-1-3-5-12/h12-13H,1-11H2,(H2,17,18,22,23)/t13-/m0/s1. The van der Waals surface area contributed by atoms with E-state index in [-0.39, 0.29) is 12.3 Å². The number of hydrogen-bond acceptors (Lipinski definition) is 4. The molecule has 23 heavy (non-hydrogen) atoms. The molecule has 128 valence electrons. The lowest BCUT2D eigenvalue weighted by Crippen LogP contribution is -2.51. The average molecular weight is 322 g/mol. The first-order valence-corrected chi connectivity index (χ1v) is 8.73. The van der Waals surface area contributed by atoms with Crippen molar-refractivity contribution in [1.29, 1.82) is 0 Å². The van der Waals surface area contributed by atoms with Crippen LogP contribution in [0.25, 0.3) is 0 Å². The molecule has 0 aromatic heterocycles. The van der Waals surface area contributed by atoms with Crippen molar-refractivity contribution in [2.75, 3.05) is 32.7 Å². The lowest BCUT2D eigenvalue weighted by molar-refractivity contribution is -0.135. The monoisotopic (exact) mass is 322 g/mol. The first kappa shape index (κ1) is 16.2. The van der Waals surface area contributed by atoms with Crippen LogP contribution in [0.1, 0.15) is 38.5 Å². The third-order valence-electron chi connectivity index (χ3n) is 5.20. The molecular formula is C16H26N4O3. The van der Waals surface area contributed by atoms with Crippen LogP contribution in [0.5, 0.6) is 0 Å². The van der Waals surface area contributed by atoms with Gasteiger partial charge in [-0.1, -0.05) is 19.3 Å². The fourth-order valence-electron chi connectivity index (χ4n) is 3.82. The number of carbonyl (C=O) groups excluding carboxylic acids is 3. The molecule has 2 heterocycles. The number of nitrogens with one attached hydrogen (secondary N) is 2. The van der Waals surface area contributed by atoms with Gasteiger partial charge in [-0.2, -0.15) is 0 Å². The summed E-state index contributed by atoms with van der Waals surface area (Å²) in [5.74, 6) is 0.368. The van der Waals surface area contributed by atoms with Gasteiger partial charge in [0.15, 0.2) is 0 Å². The molecule has 4 amide bonds. The van der Waals surface area contributed by atoms with Crippen molar-refractivity contribution >= 4 is 17.8 Å². The molecule has 0 spiro atoms. The molecule has 2 saturated heterocycles. The number of amides is 4. The lowest BCUT2D eigenvalue weighted by Gasteiger charge is -2.37. The van der Waals surface area contributed by atoms with E-state index in [4.69, 9.17) is 0 Å². The molecule has 0 radical (unpaired) electrons. The Bertz CT molecular complexity index is 468. The van der Waals surface area contributed by atoms with Gasteiger partial charge >= 0.3 is 6.03 Å². The van der Waals surface area contributed by atoms with Crippen molar-refractivity contribution in [2.24, 2.45) is 5.92 Å². The van der Waals surface area contributed by atoms with Crippen molar-refractivity contribution in [3.05, 3.63) is 0 Å². The Kier molecular flexibility index (Phi) is 5.15.